The first-order chi connectivity index (χ1) is 9.25. The van der Waals surface area contributed by atoms with Gasteiger partial charge in [-0.15, -0.1) is 0 Å². The van der Waals surface area contributed by atoms with Crippen LogP contribution in [0.5, 0.6) is 0 Å². The van der Waals surface area contributed by atoms with Gasteiger partial charge >= 0.3 is 0 Å². The topological polar surface area (TPSA) is 67.6 Å². The Balaban J connectivity index is 2.16. The molecule has 3 N–H and O–H groups in total. The predicted octanol–water partition coefficient (Wildman–Crippen LogP) is 2.86. The van der Waals surface area contributed by atoms with Crippen molar-refractivity contribution in [2.24, 2.45) is 0 Å². The number of benzene rings is 1. The first kappa shape index (κ1) is 11.4. The molecule has 0 fully saturated rings. The van der Waals surface area contributed by atoms with Crippen molar-refractivity contribution in [3.63, 3.8) is 0 Å². The smallest absolute Gasteiger partial charge is 0.153 e. The Labute approximate surface area is 109 Å². The van der Waals surface area contributed by atoms with Crippen molar-refractivity contribution in [3.05, 3.63) is 54.6 Å². The highest BCUT2D eigenvalue weighted by Gasteiger charge is 2.14. The highest BCUT2D eigenvalue weighted by molar-refractivity contribution is 5.87. The van der Waals surface area contributed by atoms with E-state index in [1.807, 2.05) is 12.1 Å². The van der Waals surface area contributed by atoms with Gasteiger partial charge < -0.3 is 5.73 Å². The number of H-pyrrole nitrogens is 1. The number of aromatic amines is 1. The van der Waals surface area contributed by atoms with Crippen LogP contribution in [-0.4, -0.2) is 15.2 Å². The quantitative estimate of drug-likeness (QED) is 0.738. The number of nitrogen functional groups attached to an aromatic ring is 1. The van der Waals surface area contributed by atoms with Gasteiger partial charge in [-0.2, -0.15) is 5.10 Å². The Kier molecular flexibility index (Phi) is 2.72. The summed E-state index contributed by atoms with van der Waals surface area (Å²) in [4.78, 5) is 4.07. The second-order valence-electron chi connectivity index (χ2n) is 4.11. The van der Waals surface area contributed by atoms with Gasteiger partial charge in [-0.3, -0.25) is 10.1 Å². The Bertz CT molecular complexity index is 689. The molecular formula is C14H11FN4. The largest absolute Gasteiger partial charge is 0.382 e. The summed E-state index contributed by atoms with van der Waals surface area (Å²) >= 11 is 0. The number of aromatic nitrogens is 3. The fraction of sp³-hybridized carbons (Fsp3) is 0. The van der Waals surface area contributed by atoms with Gasteiger partial charge in [0.15, 0.2) is 5.82 Å². The van der Waals surface area contributed by atoms with Crippen molar-refractivity contribution < 1.29 is 4.39 Å². The van der Waals surface area contributed by atoms with Crippen LogP contribution in [0.15, 0.2) is 48.8 Å². The number of hydrogen-bond donors (Lipinski definition) is 2. The monoisotopic (exact) mass is 254 g/mol. The fourth-order valence-electron chi connectivity index (χ4n) is 1.98. The van der Waals surface area contributed by atoms with Crippen molar-refractivity contribution in [1.82, 2.24) is 15.2 Å². The minimum Gasteiger partial charge on any atom is -0.382 e. The molecule has 19 heavy (non-hydrogen) atoms. The summed E-state index contributed by atoms with van der Waals surface area (Å²) in [7, 11) is 0. The molecule has 3 rings (SSSR count). The van der Waals surface area contributed by atoms with E-state index in [1.54, 1.807) is 24.5 Å². The van der Waals surface area contributed by atoms with Gasteiger partial charge in [0.25, 0.3) is 0 Å². The van der Waals surface area contributed by atoms with Crippen molar-refractivity contribution in [3.8, 4) is 22.4 Å². The zero-order valence-corrected chi connectivity index (χ0v) is 9.97. The maximum atomic E-state index is 13.0. The summed E-state index contributed by atoms with van der Waals surface area (Å²) < 4.78 is 13.0. The van der Waals surface area contributed by atoms with Crippen LogP contribution in [0.25, 0.3) is 22.4 Å². The van der Waals surface area contributed by atoms with E-state index in [0.717, 1.165) is 22.4 Å². The molecule has 2 aromatic heterocycles. The SMILES string of the molecule is Nc1n[nH]c(-c2ccc(F)cc2)c1-c1cccnc1. The van der Waals surface area contributed by atoms with Crippen molar-refractivity contribution in [2.45, 2.75) is 0 Å². The van der Waals surface area contributed by atoms with Gasteiger partial charge in [0.05, 0.1) is 11.3 Å². The average molecular weight is 254 g/mol. The highest BCUT2D eigenvalue weighted by atomic mass is 19.1. The Morgan fingerprint density at radius 1 is 1.05 bits per heavy atom. The zero-order valence-electron chi connectivity index (χ0n) is 9.97. The molecule has 0 aliphatic heterocycles. The molecule has 94 valence electrons. The lowest BCUT2D eigenvalue weighted by atomic mass is 10.0. The van der Waals surface area contributed by atoms with Crippen LogP contribution < -0.4 is 5.73 Å². The lowest BCUT2D eigenvalue weighted by molar-refractivity contribution is 0.628. The van der Waals surface area contributed by atoms with Crippen LogP contribution in [0.2, 0.25) is 0 Å². The molecule has 0 bridgehead atoms. The second-order valence-corrected chi connectivity index (χ2v) is 4.11. The second kappa shape index (κ2) is 4.53. The summed E-state index contributed by atoms with van der Waals surface area (Å²) in [6.45, 7) is 0. The van der Waals surface area contributed by atoms with Gasteiger partial charge in [-0.1, -0.05) is 6.07 Å². The van der Waals surface area contributed by atoms with E-state index in [4.69, 9.17) is 5.73 Å². The summed E-state index contributed by atoms with van der Waals surface area (Å²) in [6, 6.07) is 9.90. The van der Waals surface area contributed by atoms with Crippen LogP contribution in [0.1, 0.15) is 0 Å². The molecule has 2 heterocycles. The third kappa shape index (κ3) is 2.06. The van der Waals surface area contributed by atoms with Crippen LogP contribution in [0.3, 0.4) is 0 Å². The zero-order chi connectivity index (χ0) is 13.2. The number of halogens is 1. The van der Waals surface area contributed by atoms with Crippen LogP contribution in [-0.2, 0) is 0 Å². The maximum Gasteiger partial charge on any atom is 0.153 e. The van der Waals surface area contributed by atoms with Crippen molar-refractivity contribution in [2.75, 3.05) is 5.73 Å². The minimum absolute atomic E-state index is 0.279. The standard InChI is InChI=1S/C14H11FN4/c15-11-5-3-9(4-6-11)13-12(14(16)19-18-13)10-2-1-7-17-8-10/h1-8H,(H3,16,18,19). The lowest BCUT2D eigenvalue weighted by Crippen LogP contribution is -1.89. The average Bonchev–Trinajstić information content (AvgIpc) is 2.82. The molecule has 0 radical (unpaired) electrons. The molecule has 0 saturated carbocycles. The van der Waals surface area contributed by atoms with Gasteiger partial charge in [0.1, 0.15) is 5.82 Å². The van der Waals surface area contributed by atoms with Crippen LogP contribution in [0, 0.1) is 5.82 Å². The van der Waals surface area contributed by atoms with Gasteiger partial charge in [-0.25, -0.2) is 4.39 Å². The molecule has 0 aliphatic rings. The number of nitrogens with two attached hydrogens (primary N) is 1. The minimum atomic E-state index is -0.279. The third-order valence-electron chi connectivity index (χ3n) is 2.88. The van der Waals surface area contributed by atoms with E-state index in [2.05, 4.69) is 15.2 Å². The van der Waals surface area contributed by atoms with E-state index in [-0.39, 0.29) is 5.82 Å². The van der Waals surface area contributed by atoms with Crippen molar-refractivity contribution >= 4 is 5.82 Å². The van der Waals surface area contributed by atoms with Crippen LogP contribution >= 0.6 is 0 Å². The summed E-state index contributed by atoms with van der Waals surface area (Å²) in [6.07, 6.45) is 3.41. The number of nitrogens with zero attached hydrogens (tertiary/aromatic N) is 2. The number of rotatable bonds is 2. The first-order valence-corrected chi connectivity index (χ1v) is 5.76. The molecule has 3 aromatic rings. The summed E-state index contributed by atoms with van der Waals surface area (Å²) in [5.41, 5.74) is 9.12. The molecule has 5 heteroatoms. The molecule has 0 atom stereocenters. The van der Waals surface area contributed by atoms with Gasteiger partial charge in [-0.05, 0) is 30.3 Å². The predicted molar refractivity (Wildman–Crippen MR) is 71.6 cm³/mol. The Morgan fingerprint density at radius 2 is 1.84 bits per heavy atom. The van der Waals surface area contributed by atoms with E-state index in [9.17, 15) is 4.39 Å². The molecule has 4 nitrogen and oxygen atoms in total. The van der Waals surface area contributed by atoms with Crippen LogP contribution in [0.4, 0.5) is 10.2 Å². The molecule has 0 unspecified atom stereocenters. The molecule has 0 spiro atoms. The highest BCUT2D eigenvalue weighted by Crippen LogP contribution is 2.33. The lowest BCUT2D eigenvalue weighted by Gasteiger charge is -2.04. The number of nitrogens with one attached hydrogen (secondary N) is 1. The number of pyridine rings is 1. The molecule has 0 amide bonds. The first-order valence-electron chi connectivity index (χ1n) is 5.76. The molecule has 0 saturated heterocycles. The normalized spacial score (nSPS) is 10.6. The number of hydrogen-bond acceptors (Lipinski definition) is 3. The molecular weight excluding hydrogens is 243 g/mol. The third-order valence-corrected chi connectivity index (χ3v) is 2.88. The van der Waals surface area contributed by atoms with E-state index >= 15 is 0 Å². The fourth-order valence-corrected chi connectivity index (χ4v) is 1.98. The van der Waals surface area contributed by atoms with E-state index in [1.165, 1.54) is 12.1 Å². The summed E-state index contributed by atoms with van der Waals surface area (Å²) in [5.74, 6) is 0.117. The Hall–Kier alpha value is -2.69. The van der Waals surface area contributed by atoms with Gasteiger partial charge in [0.2, 0.25) is 0 Å². The Morgan fingerprint density at radius 3 is 2.53 bits per heavy atom. The summed E-state index contributed by atoms with van der Waals surface area (Å²) in [5, 5.41) is 6.91. The molecule has 1 aromatic carbocycles. The van der Waals surface area contributed by atoms with E-state index in [0.29, 0.717) is 5.82 Å². The maximum absolute atomic E-state index is 13.0. The van der Waals surface area contributed by atoms with Gasteiger partial charge in [0, 0.05) is 23.5 Å². The van der Waals surface area contributed by atoms with E-state index < -0.39 is 0 Å². The van der Waals surface area contributed by atoms with Crippen molar-refractivity contribution in [1.29, 1.82) is 0 Å². The number of anilines is 1. The molecule has 0 aliphatic carbocycles.